The van der Waals surface area contributed by atoms with Crippen LogP contribution in [0.4, 0.5) is 4.39 Å². The zero-order valence-electron chi connectivity index (χ0n) is 12.0. The molecule has 1 aliphatic heterocycles. The van der Waals surface area contributed by atoms with Gasteiger partial charge in [0.05, 0.1) is 11.2 Å². The Balaban J connectivity index is 1.49. The summed E-state index contributed by atoms with van der Waals surface area (Å²) in [5.41, 5.74) is -0.0765. The Bertz CT molecular complexity index is 326. The minimum atomic E-state index is -0.525. The summed E-state index contributed by atoms with van der Waals surface area (Å²) in [6.07, 6.45) is 4.41. The van der Waals surface area contributed by atoms with Gasteiger partial charge in [-0.2, -0.15) is 0 Å². The summed E-state index contributed by atoms with van der Waals surface area (Å²) in [6.45, 7) is 8.37. The van der Waals surface area contributed by atoms with Crippen molar-refractivity contribution in [1.82, 2.24) is 0 Å². The first-order valence-corrected chi connectivity index (χ1v) is 7.21. The second-order valence-corrected chi connectivity index (χ2v) is 7.70. The molecule has 102 valence electrons. The molecule has 0 amide bonds. The van der Waals surface area contributed by atoms with Crippen LogP contribution in [0.25, 0.3) is 0 Å². The van der Waals surface area contributed by atoms with Crippen molar-refractivity contribution < 1.29 is 13.7 Å². The van der Waals surface area contributed by atoms with E-state index in [9.17, 15) is 4.39 Å². The fourth-order valence-corrected chi connectivity index (χ4v) is 3.88. The van der Waals surface area contributed by atoms with Crippen molar-refractivity contribution in [3.8, 4) is 0 Å². The first-order valence-electron chi connectivity index (χ1n) is 7.21. The molecular formula is C14H24BFO2. The molecule has 0 aromatic rings. The third-order valence-corrected chi connectivity index (χ3v) is 5.58. The van der Waals surface area contributed by atoms with Crippen molar-refractivity contribution in [2.75, 3.05) is 0 Å². The fraction of sp³-hybridized carbons (Fsp3) is 1.00. The van der Waals surface area contributed by atoms with Gasteiger partial charge >= 0.3 is 7.12 Å². The summed E-state index contributed by atoms with van der Waals surface area (Å²) < 4.78 is 24.9. The van der Waals surface area contributed by atoms with Crippen LogP contribution in [0.2, 0.25) is 6.32 Å². The van der Waals surface area contributed by atoms with Crippen LogP contribution >= 0.6 is 0 Å². The summed E-state index contributed by atoms with van der Waals surface area (Å²) in [5, 5.41) is 0. The molecule has 2 aliphatic carbocycles. The molecule has 3 aliphatic rings. The maximum Gasteiger partial charge on any atom is 0.458 e. The quantitative estimate of drug-likeness (QED) is 0.701. The molecule has 18 heavy (non-hydrogen) atoms. The smallest absolute Gasteiger partial charge is 0.403 e. The Morgan fingerprint density at radius 3 is 1.94 bits per heavy atom. The molecular weight excluding hydrogens is 230 g/mol. The topological polar surface area (TPSA) is 18.5 Å². The van der Waals surface area contributed by atoms with Gasteiger partial charge in [-0.15, -0.1) is 0 Å². The van der Waals surface area contributed by atoms with Gasteiger partial charge in [0.15, 0.2) is 0 Å². The lowest BCUT2D eigenvalue weighted by atomic mass is 9.48. The molecule has 0 N–H and O–H groups in total. The molecule has 0 bridgehead atoms. The number of alkyl halides is 1. The first kappa shape index (κ1) is 12.9. The normalized spacial score (nSPS) is 44.8. The predicted octanol–water partition coefficient (Wildman–Crippen LogP) is 3.61. The van der Waals surface area contributed by atoms with Crippen LogP contribution in [0.5, 0.6) is 0 Å². The lowest BCUT2D eigenvalue weighted by molar-refractivity contribution is -0.0744. The van der Waals surface area contributed by atoms with Crippen LogP contribution in [0.3, 0.4) is 0 Å². The van der Waals surface area contributed by atoms with Crippen LogP contribution in [-0.2, 0) is 9.31 Å². The van der Waals surface area contributed by atoms with Gasteiger partial charge in [0.2, 0.25) is 0 Å². The summed E-state index contributed by atoms with van der Waals surface area (Å²) in [5.74, 6) is 0.673. The van der Waals surface area contributed by atoms with E-state index < -0.39 is 6.17 Å². The third-order valence-electron chi connectivity index (χ3n) is 5.58. The maximum atomic E-state index is 12.9. The van der Waals surface area contributed by atoms with Crippen LogP contribution in [0.1, 0.15) is 53.4 Å². The minimum absolute atomic E-state index is 0.0707. The van der Waals surface area contributed by atoms with Crippen LogP contribution in [-0.4, -0.2) is 24.5 Å². The Morgan fingerprint density at radius 1 is 1.00 bits per heavy atom. The number of halogens is 1. The second kappa shape index (κ2) is 3.72. The molecule has 0 aromatic heterocycles. The van der Waals surface area contributed by atoms with Crippen LogP contribution < -0.4 is 0 Å². The van der Waals surface area contributed by atoms with E-state index in [1.165, 1.54) is 12.8 Å². The number of rotatable bonds is 2. The summed E-state index contributed by atoms with van der Waals surface area (Å²) in [7, 11) is -0.0707. The Hall–Kier alpha value is -0.0851. The highest BCUT2D eigenvalue weighted by molar-refractivity contribution is 6.45. The van der Waals surface area contributed by atoms with Crippen molar-refractivity contribution in [3.63, 3.8) is 0 Å². The van der Waals surface area contributed by atoms with Gasteiger partial charge in [-0.25, -0.2) is 4.39 Å². The third kappa shape index (κ3) is 1.92. The van der Waals surface area contributed by atoms with Crippen molar-refractivity contribution in [3.05, 3.63) is 0 Å². The molecule has 3 fully saturated rings. The summed E-state index contributed by atoms with van der Waals surface area (Å²) in [6, 6.07) is 0. The molecule has 1 heterocycles. The molecule has 0 radical (unpaired) electrons. The van der Waals surface area contributed by atoms with Gasteiger partial charge in [0.25, 0.3) is 0 Å². The standard InChI is InChI=1S/C14H24BFO2/c1-12(2)13(3,4)18-15(17-12)9-10-5-14(6-10)7-11(16)8-14/h10-11H,5-9H2,1-4H3. The van der Waals surface area contributed by atoms with Crippen molar-refractivity contribution in [2.45, 2.75) is 77.1 Å². The predicted molar refractivity (Wildman–Crippen MR) is 70.2 cm³/mol. The monoisotopic (exact) mass is 254 g/mol. The zero-order valence-corrected chi connectivity index (χ0v) is 12.0. The van der Waals surface area contributed by atoms with Gasteiger partial charge in [0, 0.05) is 0 Å². The average Bonchev–Trinajstić information content (AvgIpc) is 2.29. The fourth-order valence-electron chi connectivity index (χ4n) is 3.88. The van der Waals surface area contributed by atoms with E-state index >= 15 is 0 Å². The molecule has 0 unspecified atom stereocenters. The zero-order chi connectivity index (χ0) is 13.2. The van der Waals surface area contributed by atoms with E-state index in [0.717, 1.165) is 19.2 Å². The highest BCUT2D eigenvalue weighted by Crippen LogP contribution is 2.61. The number of hydrogen-bond donors (Lipinski definition) is 0. The highest BCUT2D eigenvalue weighted by atomic mass is 19.1. The lowest BCUT2D eigenvalue weighted by Gasteiger charge is -2.55. The summed E-state index contributed by atoms with van der Waals surface area (Å²) in [4.78, 5) is 0. The van der Waals surface area contributed by atoms with Gasteiger partial charge in [-0.1, -0.05) is 0 Å². The SMILES string of the molecule is CC1(C)OB(CC2CC3(CC(F)C3)C2)OC1(C)C. The first-order chi connectivity index (χ1) is 8.21. The van der Waals surface area contributed by atoms with Crippen molar-refractivity contribution in [1.29, 1.82) is 0 Å². The Kier molecular flexibility index (Phi) is 2.67. The molecule has 4 heteroatoms. The lowest BCUT2D eigenvalue weighted by Crippen LogP contribution is -2.49. The van der Waals surface area contributed by atoms with Crippen LogP contribution in [0.15, 0.2) is 0 Å². The van der Waals surface area contributed by atoms with Crippen molar-refractivity contribution >= 4 is 7.12 Å². The van der Waals surface area contributed by atoms with Gasteiger partial charge < -0.3 is 9.31 Å². The van der Waals surface area contributed by atoms with E-state index in [1.54, 1.807) is 0 Å². The van der Waals surface area contributed by atoms with E-state index in [1.807, 2.05) is 0 Å². The average molecular weight is 254 g/mol. The Morgan fingerprint density at radius 2 is 1.50 bits per heavy atom. The largest absolute Gasteiger partial charge is 0.458 e. The summed E-state index contributed by atoms with van der Waals surface area (Å²) >= 11 is 0. The number of hydrogen-bond acceptors (Lipinski definition) is 2. The van der Waals surface area contributed by atoms with E-state index in [4.69, 9.17) is 9.31 Å². The molecule has 1 saturated heterocycles. The molecule has 1 spiro atoms. The maximum absolute atomic E-state index is 12.9. The molecule has 3 rings (SSSR count). The highest BCUT2D eigenvalue weighted by Gasteiger charge is 2.56. The molecule has 2 saturated carbocycles. The second-order valence-electron chi connectivity index (χ2n) is 7.70. The van der Waals surface area contributed by atoms with E-state index in [0.29, 0.717) is 11.3 Å². The van der Waals surface area contributed by atoms with Crippen molar-refractivity contribution in [2.24, 2.45) is 11.3 Å². The van der Waals surface area contributed by atoms with Gasteiger partial charge in [-0.3, -0.25) is 0 Å². The van der Waals surface area contributed by atoms with E-state index in [-0.39, 0.29) is 18.3 Å². The molecule has 2 nitrogen and oxygen atoms in total. The molecule has 0 atom stereocenters. The minimum Gasteiger partial charge on any atom is -0.403 e. The molecule has 0 aromatic carbocycles. The Labute approximate surface area is 110 Å². The van der Waals surface area contributed by atoms with Crippen LogP contribution in [0, 0.1) is 11.3 Å². The van der Waals surface area contributed by atoms with Gasteiger partial charge in [0.1, 0.15) is 6.17 Å². The van der Waals surface area contributed by atoms with E-state index in [2.05, 4.69) is 27.7 Å². The van der Waals surface area contributed by atoms with Gasteiger partial charge in [-0.05, 0) is 71.0 Å².